The maximum absolute atomic E-state index is 13.0. The van der Waals surface area contributed by atoms with Crippen molar-refractivity contribution in [1.29, 1.82) is 0 Å². The number of urea groups is 1. The van der Waals surface area contributed by atoms with Crippen LogP contribution in [0.5, 0.6) is 5.88 Å². The predicted molar refractivity (Wildman–Crippen MR) is 122 cm³/mol. The highest BCUT2D eigenvalue weighted by molar-refractivity contribution is 6.30. The molecule has 32 heavy (non-hydrogen) atoms. The zero-order valence-electron chi connectivity index (χ0n) is 18.3. The molecule has 1 atom stereocenters. The molecule has 170 valence electrons. The van der Waals surface area contributed by atoms with Crippen LogP contribution < -0.4 is 14.5 Å². The number of rotatable bonds is 6. The first-order valence-corrected chi connectivity index (χ1v) is 11.0. The van der Waals surface area contributed by atoms with Gasteiger partial charge in [0, 0.05) is 56.8 Å². The molecular weight excluding hydrogens is 432 g/mol. The normalized spacial score (nSPS) is 18.8. The summed E-state index contributed by atoms with van der Waals surface area (Å²) in [5.74, 6) is 1.04. The highest BCUT2D eigenvalue weighted by Crippen LogP contribution is 2.25. The monoisotopic (exact) mass is 458 g/mol. The fraction of sp³-hybridized carbons (Fsp3) is 0.455. The molecule has 3 heterocycles. The molecule has 2 aliphatic rings. The van der Waals surface area contributed by atoms with E-state index in [4.69, 9.17) is 16.3 Å². The molecule has 1 aromatic heterocycles. The zero-order chi connectivity index (χ0) is 22.7. The van der Waals surface area contributed by atoms with Crippen molar-refractivity contribution in [2.75, 3.05) is 56.6 Å². The summed E-state index contributed by atoms with van der Waals surface area (Å²) in [5, 5.41) is 0.574. The standard InChI is InChI=1S/C22H27ClN6O3/c1-26(2)20-21(25-9-8-24-20)32-18-7-4-10-27(14-18)19(30)15-28-11-12-29(22(28)31)17-6-3-5-16(23)13-17/h3,5-6,8-9,13,18H,4,7,10-12,14-15H2,1-2H3. The van der Waals surface area contributed by atoms with Gasteiger partial charge in [-0.1, -0.05) is 17.7 Å². The van der Waals surface area contributed by atoms with Crippen LogP contribution in [0.25, 0.3) is 0 Å². The molecule has 0 N–H and O–H groups in total. The lowest BCUT2D eigenvalue weighted by molar-refractivity contribution is -0.134. The Kier molecular flexibility index (Phi) is 6.64. The molecule has 9 nitrogen and oxygen atoms in total. The third-order valence-corrected chi connectivity index (χ3v) is 5.86. The second kappa shape index (κ2) is 9.60. The largest absolute Gasteiger partial charge is 0.470 e. The summed E-state index contributed by atoms with van der Waals surface area (Å²) in [6.07, 6.45) is 4.71. The van der Waals surface area contributed by atoms with Gasteiger partial charge in [-0.25, -0.2) is 14.8 Å². The summed E-state index contributed by atoms with van der Waals surface area (Å²) in [6.45, 7) is 2.19. The van der Waals surface area contributed by atoms with Gasteiger partial charge in [0.15, 0.2) is 5.82 Å². The molecule has 2 aromatic rings. The Morgan fingerprint density at radius 2 is 2.03 bits per heavy atom. The van der Waals surface area contributed by atoms with Crippen LogP contribution in [0.15, 0.2) is 36.7 Å². The van der Waals surface area contributed by atoms with Crippen molar-refractivity contribution >= 4 is 35.0 Å². The van der Waals surface area contributed by atoms with Crippen LogP contribution in [0, 0.1) is 0 Å². The van der Waals surface area contributed by atoms with E-state index in [0.717, 1.165) is 18.5 Å². The Bertz CT molecular complexity index is 988. The number of carbonyl (C=O) groups is 2. The number of carbonyl (C=O) groups excluding carboxylic acids is 2. The third-order valence-electron chi connectivity index (χ3n) is 5.62. The maximum Gasteiger partial charge on any atom is 0.325 e. The first-order valence-electron chi connectivity index (χ1n) is 10.7. The van der Waals surface area contributed by atoms with Crippen molar-refractivity contribution in [1.82, 2.24) is 19.8 Å². The molecule has 2 fully saturated rings. The highest BCUT2D eigenvalue weighted by atomic mass is 35.5. The first kappa shape index (κ1) is 22.1. The van der Waals surface area contributed by atoms with Crippen LogP contribution in [0.2, 0.25) is 5.02 Å². The number of anilines is 2. The molecule has 1 unspecified atom stereocenters. The molecule has 0 aliphatic carbocycles. The Morgan fingerprint density at radius 3 is 2.81 bits per heavy atom. The third kappa shape index (κ3) is 4.88. The van der Waals surface area contributed by atoms with Crippen molar-refractivity contribution in [3.8, 4) is 5.88 Å². The van der Waals surface area contributed by atoms with Crippen LogP contribution in [0.3, 0.4) is 0 Å². The summed E-state index contributed by atoms with van der Waals surface area (Å²) in [4.78, 5) is 41.3. The average molecular weight is 459 g/mol. The number of nitrogens with zero attached hydrogens (tertiary/aromatic N) is 6. The Balaban J connectivity index is 1.35. The van der Waals surface area contributed by atoms with E-state index in [1.165, 1.54) is 0 Å². The van der Waals surface area contributed by atoms with Crippen LogP contribution in [0.1, 0.15) is 12.8 Å². The van der Waals surface area contributed by atoms with Gasteiger partial charge in [0.1, 0.15) is 12.6 Å². The van der Waals surface area contributed by atoms with E-state index in [1.54, 1.807) is 39.2 Å². The highest BCUT2D eigenvalue weighted by Gasteiger charge is 2.33. The fourth-order valence-corrected chi connectivity index (χ4v) is 4.19. The predicted octanol–water partition coefficient (Wildman–Crippen LogP) is 2.51. The molecule has 1 aromatic carbocycles. The molecule has 2 saturated heterocycles. The van der Waals surface area contributed by atoms with Gasteiger partial charge in [-0.05, 0) is 31.0 Å². The minimum absolute atomic E-state index is 0.0523. The van der Waals surface area contributed by atoms with E-state index < -0.39 is 0 Å². The molecule has 0 bridgehead atoms. The summed E-state index contributed by atoms with van der Waals surface area (Å²) < 4.78 is 6.09. The summed E-state index contributed by atoms with van der Waals surface area (Å²) in [6, 6.07) is 7.00. The number of halogens is 1. The smallest absolute Gasteiger partial charge is 0.325 e. The lowest BCUT2D eigenvalue weighted by Gasteiger charge is -2.34. The van der Waals surface area contributed by atoms with Gasteiger partial charge in [-0.15, -0.1) is 0 Å². The number of piperidine rings is 1. The van der Waals surface area contributed by atoms with Gasteiger partial charge in [0.2, 0.25) is 5.91 Å². The van der Waals surface area contributed by atoms with Crippen LogP contribution in [0.4, 0.5) is 16.3 Å². The molecule has 0 saturated carbocycles. The fourth-order valence-electron chi connectivity index (χ4n) is 4.00. The number of hydrogen-bond acceptors (Lipinski definition) is 6. The van der Waals surface area contributed by atoms with Crippen molar-refractivity contribution < 1.29 is 14.3 Å². The zero-order valence-corrected chi connectivity index (χ0v) is 19.0. The minimum atomic E-state index is -0.180. The maximum atomic E-state index is 13.0. The van der Waals surface area contributed by atoms with Crippen LogP contribution in [-0.4, -0.2) is 84.6 Å². The Hall–Kier alpha value is -3.07. The van der Waals surface area contributed by atoms with Crippen LogP contribution >= 0.6 is 11.6 Å². The quantitative estimate of drug-likeness (QED) is 0.661. The lowest BCUT2D eigenvalue weighted by atomic mass is 10.1. The van der Waals surface area contributed by atoms with E-state index in [9.17, 15) is 9.59 Å². The second-order valence-electron chi connectivity index (χ2n) is 8.14. The second-order valence-corrected chi connectivity index (χ2v) is 8.57. The molecule has 3 amide bonds. The van der Waals surface area contributed by atoms with Crippen molar-refractivity contribution in [2.24, 2.45) is 0 Å². The number of amides is 3. The summed E-state index contributed by atoms with van der Waals surface area (Å²) >= 11 is 6.06. The van der Waals surface area contributed by atoms with Gasteiger partial charge >= 0.3 is 6.03 Å². The SMILES string of the molecule is CN(C)c1nccnc1OC1CCCN(C(=O)CN2CCN(c3cccc(Cl)c3)C2=O)C1. The van der Waals surface area contributed by atoms with E-state index in [0.29, 0.717) is 42.9 Å². The summed E-state index contributed by atoms with van der Waals surface area (Å²) in [5.41, 5.74) is 0.740. The van der Waals surface area contributed by atoms with Gasteiger partial charge in [-0.2, -0.15) is 0 Å². The van der Waals surface area contributed by atoms with E-state index in [2.05, 4.69) is 9.97 Å². The van der Waals surface area contributed by atoms with E-state index in [1.807, 2.05) is 31.1 Å². The molecular formula is C22H27ClN6O3. The number of hydrogen-bond donors (Lipinski definition) is 0. The van der Waals surface area contributed by atoms with Crippen LogP contribution in [-0.2, 0) is 4.79 Å². The van der Waals surface area contributed by atoms with Gasteiger partial charge in [0.25, 0.3) is 5.88 Å². The van der Waals surface area contributed by atoms with Crippen molar-refractivity contribution in [3.05, 3.63) is 41.7 Å². The van der Waals surface area contributed by atoms with E-state index in [-0.39, 0.29) is 24.6 Å². The minimum Gasteiger partial charge on any atom is -0.470 e. The Labute approximate surface area is 192 Å². The van der Waals surface area contributed by atoms with E-state index >= 15 is 0 Å². The van der Waals surface area contributed by atoms with Gasteiger partial charge in [-0.3, -0.25) is 9.69 Å². The number of benzene rings is 1. The van der Waals surface area contributed by atoms with Gasteiger partial charge < -0.3 is 19.4 Å². The lowest BCUT2D eigenvalue weighted by Crippen LogP contribution is -2.48. The van der Waals surface area contributed by atoms with Gasteiger partial charge in [0.05, 0.1) is 6.54 Å². The number of likely N-dealkylation sites (tertiary alicyclic amines) is 1. The average Bonchev–Trinajstić information content (AvgIpc) is 3.14. The number of aromatic nitrogens is 2. The topological polar surface area (TPSA) is 82.1 Å². The van der Waals surface area contributed by atoms with Crippen molar-refractivity contribution in [2.45, 2.75) is 18.9 Å². The Morgan fingerprint density at radius 1 is 1.22 bits per heavy atom. The van der Waals surface area contributed by atoms with Crippen molar-refractivity contribution in [3.63, 3.8) is 0 Å². The molecule has 2 aliphatic heterocycles. The number of ether oxygens (including phenoxy) is 1. The first-order chi connectivity index (χ1) is 15.4. The molecule has 0 radical (unpaired) electrons. The molecule has 4 rings (SSSR count). The molecule has 0 spiro atoms. The summed E-state index contributed by atoms with van der Waals surface area (Å²) in [7, 11) is 3.76. The molecule has 10 heteroatoms.